The zero-order valence-electron chi connectivity index (χ0n) is 14.4. The summed E-state index contributed by atoms with van der Waals surface area (Å²) in [4.78, 5) is 4.54. The van der Waals surface area contributed by atoms with E-state index >= 15 is 0 Å². The summed E-state index contributed by atoms with van der Waals surface area (Å²) in [7, 11) is 1.65. The van der Waals surface area contributed by atoms with Crippen molar-refractivity contribution in [2.45, 2.75) is 24.8 Å². The predicted molar refractivity (Wildman–Crippen MR) is 103 cm³/mol. The summed E-state index contributed by atoms with van der Waals surface area (Å²) < 4.78 is 10.8. The summed E-state index contributed by atoms with van der Waals surface area (Å²) in [6.07, 6.45) is 2.90. The highest BCUT2D eigenvalue weighted by molar-refractivity contribution is 5.85. The highest BCUT2D eigenvalue weighted by Gasteiger charge is 2.39. The maximum absolute atomic E-state index is 6.29. The second-order valence-electron chi connectivity index (χ2n) is 6.34. The predicted octanol–water partition coefficient (Wildman–Crippen LogP) is 4.25. The molecular weight excluding hydrogens is 352 g/mol. The Labute approximate surface area is 158 Å². The van der Waals surface area contributed by atoms with E-state index in [2.05, 4.69) is 15.5 Å². The van der Waals surface area contributed by atoms with Crippen molar-refractivity contribution in [3.8, 4) is 17.2 Å². The van der Waals surface area contributed by atoms with E-state index in [1.54, 1.807) is 7.11 Å². The summed E-state index contributed by atoms with van der Waals surface area (Å²) >= 11 is 0. The Hall–Kier alpha value is -2.57. The molecule has 1 aliphatic carbocycles. The SMILES string of the molecule is COc1cccc(Nc2ccccc2-c2nc(C3(N)CCC3)no2)c1.Cl. The van der Waals surface area contributed by atoms with Gasteiger partial charge in [0.1, 0.15) is 5.75 Å². The highest BCUT2D eigenvalue weighted by atomic mass is 35.5. The molecule has 3 aromatic rings. The summed E-state index contributed by atoms with van der Waals surface area (Å²) in [6.45, 7) is 0. The van der Waals surface area contributed by atoms with Crippen LogP contribution in [-0.2, 0) is 5.54 Å². The quantitative estimate of drug-likeness (QED) is 0.696. The minimum atomic E-state index is -0.434. The zero-order chi connectivity index (χ0) is 17.3. The second-order valence-corrected chi connectivity index (χ2v) is 6.34. The Morgan fingerprint density at radius 1 is 1.15 bits per heavy atom. The van der Waals surface area contributed by atoms with Crippen LogP contribution in [0.1, 0.15) is 25.1 Å². The Bertz CT molecular complexity index is 893. The maximum Gasteiger partial charge on any atom is 0.260 e. The van der Waals surface area contributed by atoms with E-state index in [1.807, 2.05) is 48.5 Å². The average Bonchev–Trinajstić information content (AvgIpc) is 3.10. The van der Waals surface area contributed by atoms with Crippen LogP contribution in [0.15, 0.2) is 53.1 Å². The fourth-order valence-corrected chi connectivity index (χ4v) is 2.95. The molecule has 2 aromatic carbocycles. The van der Waals surface area contributed by atoms with Gasteiger partial charge < -0.3 is 20.3 Å². The third-order valence-corrected chi connectivity index (χ3v) is 4.62. The molecule has 3 N–H and O–H groups in total. The number of anilines is 2. The molecule has 6 nitrogen and oxygen atoms in total. The van der Waals surface area contributed by atoms with Gasteiger partial charge in [0, 0.05) is 11.8 Å². The fraction of sp³-hybridized carbons (Fsp3) is 0.263. The summed E-state index contributed by atoms with van der Waals surface area (Å²) in [5.41, 5.74) is 8.50. The van der Waals surface area contributed by atoms with Crippen LogP contribution in [0.3, 0.4) is 0 Å². The molecule has 136 valence electrons. The van der Waals surface area contributed by atoms with Gasteiger partial charge in [-0.2, -0.15) is 4.98 Å². The van der Waals surface area contributed by atoms with E-state index in [0.29, 0.717) is 11.7 Å². The van der Waals surface area contributed by atoms with Gasteiger partial charge in [-0.1, -0.05) is 23.4 Å². The van der Waals surface area contributed by atoms with Crippen molar-refractivity contribution in [1.29, 1.82) is 0 Å². The normalized spacial score (nSPS) is 14.8. The molecule has 1 saturated carbocycles. The number of halogens is 1. The summed E-state index contributed by atoms with van der Waals surface area (Å²) in [5, 5.41) is 7.49. The number of nitrogens with one attached hydrogen (secondary N) is 1. The molecule has 26 heavy (non-hydrogen) atoms. The van der Waals surface area contributed by atoms with Gasteiger partial charge in [0.2, 0.25) is 0 Å². The molecule has 0 spiro atoms. The molecule has 7 heteroatoms. The lowest BCUT2D eigenvalue weighted by Gasteiger charge is -2.34. The van der Waals surface area contributed by atoms with Crippen molar-refractivity contribution in [3.05, 3.63) is 54.4 Å². The van der Waals surface area contributed by atoms with Gasteiger partial charge in [-0.15, -0.1) is 12.4 Å². The number of aromatic nitrogens is 2. The number of ether oxygens (including phenoxy) is 1. The molecule has 0 bridgehead atoms. The minimum absolute atomic E-state index is 0. The lowest BCUT2D eigenvalue weighted by atomic mass is 9.77. The average molecular weight is 373 g/mol. The first kappa shape index (κ1) is 18.2. The van der Waals surface area contributed by atoms with Crippen molar-refractivity contribution in [3.63, 3.8) is 0 Å². The molecule has 1 fully saturated rings. The Morgan fingerprint density at radius 3 is 2.69 bits per heavy atom. The smallest absolute Gasteiger partial charge is 0.260 e. The molecule has 0 unspecified atom stereocenters. The molecule has 4 rings (SSSR count). The highest BCUT2D eigenvalue weighted by Crippen LogP contribution is 2.38. The molecule has 0 aliphatic heterocycles. The number of nitrogens with two attached hydrogens (primary N) is 1. The van der Waals surface area contributed by atoms with Gasteiger partial charge in [0.05, 0.1) is 23.9 Å². The number of methoxy groups -OCH3 is 1. The Balaban J connectivity index is 0.00000196. The Kier molecular flexibility index (Phi) is 5.15. The van der Waals surface area contributed by atoms with Gasteiger partial charge in [0.25, 0.3) is 5.89 Å². The number of rotatable bonds is 5. The van der Waals surface area contributed by atoms with Crippen molar-refractivity contribution in [2.24, 2.45) is 5.73 Å². The number of hydrogen-bond donors (Lipinski definition) is 2. The van der Waals surface area contributed by atoms with E-state index in [4.69, 9.17) is 15.0 Å². The summed E-state index contributed by atoms with van der Waals surface area (Å²) in [5.74, 6) is 1.85. The van der Waals surface area contributed by atoms with Crippen molar-refractivity contribution >= 4 is 23.8 Å². The van der Waals surface area contributed by atoms with Crippen LogP contribution >= 0.6 is 12.4 Å². The zero-order valence-corrected chi connectivity index (χ0v) is 15.3. The van der Waals surface area contributed by atoms with Gasteiger partial charge in [-0.3, -0.25) is 0 Å². The van der Waals surface area contributed by atoms with Crippen molar-refractivity contribution in [2.75, 3.05) is 12.4 Å². The van der Waals surface area contributed by atoms with Crippen LogP contribution < -0.4 is 15.8 Å². The first-order valence-electron chi connectivity index (χ1n) is 8.31. The first-order chi connectivity index (χ1) is 12.2. The largest absolute Gasteiger partial charge is 0.497 e. The van der Waals surface area contributed by atoms with E-state index in [9.17, 15) is 0 Å². The fourth-order valence-electron chi connectivity index (χ4n) is 2.95. The number of benzene rings is 2. The van der Waals surface area contributed by atoms with Crippen molar-refractivity contribution in [1.82, 2.24) is 10.1 Å². The maximum atomic E-state index is 6.29. The van der Waals surface area contributed by atoms with Gasteiger partial charge >= 0.3 is 0 Å². The molecule has 1 heterocycles. The number of nitrogens with zero attached hydrogens (tertiary/aromatic N) is 2. The molecule has 0 atom stereocenters. The molecule has 0 amide bonds. The molecule has 1 aliphatic rings. The second kappa shape index (κ2) is 7.35. The van der Waals surface area contributed by atoms with E-state index in [1.165, 1.54) is 0 Å². The van der Waals surface area contributed by atoms with Crippen LogP contribution in [-0.4, -0.2) is 17.3 Å². The van der Waals surface area contributed by atoms with Crippen LogP contribution in [0.2, 0.25) is 0 Å². The molecular formula is C19H21ClN4O2. The van der Waals surface area contributed by atoms with E-state index in [-0.39, 0.29) is 12.4 Å². The molecule has 0 saturated heterocycles. The topological polar surface area (TPSA) is 86.2 Å². The minimum Gasteiger partial charge on any atom is -0.497 e. The molecule has 1 aromatic heterocycles. The lowest BCUT2D eigenvalue weighted by Crippen LogP contribution is -2.44. The standard InChI is InChI=1S/C19H20N4O2.ClH/c1-24-14-7-4-6-13(12-14)21-16-9-3-2-8-15(16)17-22-18(23-25-17)19(20)10-5-11-19;/h2-4,6-9,12,21H,5,10-11,20H2,1H3;1H. The molecule has 0 radical (unpaired) electrons. The third kappa shape index (κ3) is 3.38. The summed E-state index contributed by atoms with van der Waals surface area (Å²) in [6, 6.07) is 15.6. The third-order valence-electron chi connectivity index (χ3n) is 4.62. The van der Waals surface area contributed by atoms with E-state index in [0.717, 1.165) is 42.0 Å². The van der Waals surface area contributed by atoms with E-state index < -0.39 is 5.54 Å². The number of para-hydroxylation sites is 1. The van der Waals surface area contributed by atoms with Crippen molar-refractivity contribution < 1.29 is 9.26 Å². The first-order valence-corrected chi connectivity index (χ1v) is 8.31. The van der Waals surface area contributed by atoms with Crippen LogP contribution in [0, 0.1) is 0 Å². The Morgan fingerprint density at radius 2 is 1.96 bits per heavy atom. The van der Waals surface area contributed by atoms with Gasteiger partial charge in [-0.05, 0) is 43.5 Å². The monoisotopic (exact) mass is 372 g/mol. The lowest BCUT2D eigenvalue weighted by molar-refractivity contribution is 0.229. The van der Waals surface area contributed by atoms with Crippen LogP contribution in [0.5, 0.6) is 5.75 Å². The van der Waals surface area contributed by atoms with Gasteiger partial charge in [-0.25, -0.2) is 0 Å². The van der Waals surface area contributed by atoms with Crippen LogP contribution in [0.4, 0.5) is 11.4 Å². The van der Waals surface area contributed by atoms with Gasteiger partial charge in [0.15, 0.2) is 5.82 Å². The number of hydrogen-bond acceptors (Lipinski definition) is 6. The van der Waals surface area contributed by atoms with Crippen LogP contribution in [0.25, 0.3) is 11.5 Å².